The lowest BCUT2D eigenvalue weighted by molar-refractivity contribution is 0.564. The number of hydrogen-bond acceptors (Lipinski definition) is 6. The fourth-order valence-electron chi connectivity index (χ4n) is 2.62. The highest BCUT2D eigenvalue weighted by Crippen LogP contribution is 2.22. The predicted octanol–water partition coefficient (Wildman–Crippen LogP) is 2.18. The number of hydrogen-bond donors (Lipinski definition) is 2. The van der Waals surface area contributed by atoms with Crippen LogP contribution >= 0.6 is 0 Å². The van der Waals surface area contributed by atoms with E-state index in [1.165, 1.54) is 0 Å². The molecule has 1 aromatic carbocycles. The summed E-state index contributed by atoms with van der Waals surface area (Å²) in [4.78, 5) is 13.2. The van der Waals surface area contributed by atoms with E-state index >= 15 is 0 Å². The lowest BCUT2D eigenvalue weighted by atomic mass is 9.94. The number of rotatable bonds is 2. The molecule has 1 atom stereocenters. The molecular weight excluding hydrogens is 266 g/mol. The summed E-state index contributed by atoms with van der Waals surface area (Å²) >= 11 is 0. The van der Waals surface area contributed by atoms with Crippen LogP contribution in [-0.2, 0) is 12.8 Å². The minimum atomic E-state index is 0.219. The van der Waals surface area contributed by atoms with Gasteiger partial charge in [0.05, 0.1) is 0 Å². The summed E-state index contributed by atoms with van der Waals surface area (Å²) in [5.41, 5.74) is 9.70. The topological polar surface area (TPSA) is 89.9 Å². The summed E-state index contributed by atoms with van der Waals surface area (Å²) in [6, 6.07) is 8.24. The SMILES string of the molecule is NC1CCc2nc(Nc3nc4ccccc4o3)ncc2C1. The molecule has 0 fully saturated rings. The van der Waals surface area contributed by atoms with E-state index in [4.69, 9.17) is 10.2 Å². The number of nitrogens with zero attached hydrogens (tertiary/aromatic N) is 3. The number of fused-ring (bicyclic) bond motifs is 2. The summed E-state index contributed by atoms with van der Waals surface area (Å²) in [6.45, 7) is 0. The number of oxazole rings is 1. The van der Waals surface area contributed by atoms with Gasteiger partial charge < -0.3 is 10.2 Å². The molecule has 0 radical (unpaired) electrons. The van der Waals surface area contributed by atoms with Gasteiger partial charge in [-0.3, -0.25) is 5.32 Å². The average molecular weight is 281 g/mol. The first kappa shape index (κ1) is 12.3. The molecule has 1 aliphatic carbocycles. The Kier molecular flexibility index (Phi) is 2.82. The van der Waals surface area contributed by atoms with Gasteiger partial charge >= 0.3 is 6.01 Å². The monoisotopic (exact) mass is 281 g/mol. The third-order valence-electron chi connectivity index (χ3n) is 3.70. The zero-order valence-corrected chi connectivity index (χ0v) is 11.4. The Morgan fingerprint density at radius 3 is 3.05 bits per heavy atom. The van der Waals surface area contributed by atoms with Crippen molar-refractivity contribution >= 4 is 23.1 Å². The number of aromatic nitrogens is 3. The first-order valence-electron chi connectivity index (χ1n) is 7.01. The molecule has 0 spiro atoms. The van der Waals surface area contributed by atoms with Gasteiger partial charge in [-0.2, -0.15) is 4.98 Å². The molecule has 0 saturated heterocycles. The highest BCUT2D eigenvalue weighted by atomic mass is 16.4. The second-order valence-corrected chi connectivity index (χ2v) is 5.28. The summed E-state index contributed by atoms with van der Waals surface area (Å²) in [5, 5.41) is 3.02. The van der Waals surface area contributed by atoms with Gasteiger partial charge in [0.15, 0.2) is 5.58 Å². The van der Waals surface area contributed by atoms with Crippen LogP contribution in [0.15, 0.2) is 34.9 Å². The van der Waals surface area contributed by atoms with E-state index in [2.05, 4.69) is 20.3 Å². The molecule has 3 N–H and O–H groups in total. The molecule has 1 unspecified atom stereocenters. The number of anilines is 2. The molecular formula is C15H15N5O. The Morgan fingerprint density at radius 1 is 1.24 bits per heavy atom. The fourth-order valence-corrected chi connectivity index (χ4v) is 2.62. The summed E-state index contributed by atoms with van der Waals surface area (Å²) in [6.07, 6.45) is 4.54. The minimum Gasteiger partial charge on any atom is -0.423 e. The van der Waals surface area contributed by atoms with Gasteiger partial charge in [-0.05, 0) is 37.0 Å². The Hall–Kier alpha value is -2.47. The Morgan fingerprint density at radius 2 is 2.14 bits per heavy atom. The lowest BCUT2D eigenvalue weighted by Crippen LogP contribution is -2.28. The van der Waals surface area contributed by atoms with E-state index < -0.39 is 0 Å². The van der Waals surface area contributed by atoms with Gasteiger partial charge in [0.2, 0.25) is 5.95 Å². The predicted molar refractivity (Wildman–Crippen MR) is 79.3 cm³/mol. The molecule has 4 rings (SSSR count). The van der Waals surface area contributed by atoms with Crippen LogP contribution in [0.4, 0.5) is 12.0 Å². The van der Waals surface area contributed by atoms with Crippen LogP contribution in [0.3, 0.4) is 0 Å². The Balaban J connectivity index is 1.62. The van der Waals surface area contributed by atoms with E-state index in [0.717, 1.165) is 41.6 Å². The quantitative estimate of drug-likeness (QED) is 0.748. The highest BCUT2D eigenvalue weighted by Gasteiger charge is 2.18. The van der Waals surface area contributed by atoms with Crippen molar-refractivity contribution in [2.75, 3.05) is 5.32 Å². The second kappa shape index (κ2) is 4.82. The Labute approximate surface area is 121 Å². The van der Waals surface area contributed by atoms with Crippen LogP contribution in [-0.4, -0.2) is 21.0 Å². The molecule has 2 aromatic heterocycles. The average Bonchev–Trinajstić information content (AvgIpc) is 2.89. The van der Waals surface area contributed by atoms with Gasteiger partial charge in [0, 0.05) is 17.9 Å². The van der Waals surface area contributed by atoms with E-state index in [9.17, 15) is 0 Å². The second-order valence-electron chi connectivity index (χ2n) is 5.28. The molecule has 1 aliphatic rings. The summed E-state index contributed by atoms with van der Waals surface area (Å²) in [5.74, 6) is 0.510. The number of nitrogens with two attached hydrogens (primary N) is 1. The van der Waals surface area contributed by atoms with Crippen molar-refractivity contribution in [1.29, 1.82) is 0 Å². The van der Waals surface area contributed by atoms with Gasteiger partial charge in [0.25, 0.3) is 0 Å². The third kappa shape index (κ3) is 2.34. The number of nitrogens with one attached hydrogen (secondary N) is 1. The minimum absolute atomic E-state index is 0.219. The first-order chi connectivity index (χ1) is 10.3. The van der Waals surface area contributed by atoms with Crippen molar-refractivity contribution in [2.24, 2.45) is 5.73 Å². The fraction of sp³-hybridized carbons (Fsp3) is 0.267. The normalized spacial score (nSPS) is 17.7. The van der Waals surface area contributed by atoms with Gasteiger partial charge in [0.1, 0.15) is 5.52 Å². The van der Waals surface area contributed by atoms with E-state index in [0.29, 0.717) is 12.0 Å². The molecule has 0 saturated carbocycles. The molecule has 6 heteroatoms. The number of aryl methyl sites for hydroxylation is 1. The van der Waals surface area contributed by atoms with Gasteiger partial charge in [-0.1, -0.05) is 12.1 Å². The third-order valence-corrected chi connectivity index (χ3v) is 3.70. The van der Waals surface area contributed by atoms with Crippen LogP contribution in [0.2, 0.25) is 0 Å². The highest BCUT2D eigenvalue weighted by molar-refractivity contribution is 5.74. The summed E-state index contributed by atoms with van der Waals surface area (Å²) < 4.78 is 5.61. The van der Waals surface area contributed by atoms with Crippen molar-refractivity contribution in [3.8, 4) is 0 Å². The Bertz CT molecular complexity index is 765. The van der Waals surface area contributed by atoms with E-state index in [-0.39, 0.29) is 6.04 Å². The molecule has 0 bridgehead atoms. The van der Waals surface area contributed by atoms with Crippen LogP contribution in [0.1, 0.15) is 17.7 Å². The molecule has 106 valence electrons. The van der Waals surface area contributed by atoms with Gasteiger partial charge in [-0.25, -0.2) is 9.97 Å². The zero-order chi connectivity index (χ0) is 14.2. The molecule has 3 aromatic rings. The van der Waals surface area contributed by atoms with E-state index in [1.54, 1.807) is 0 Å². The van der Waals surface area contributed by atoms with Crippen LogP contribution in [0.5, 0.6) is 0 Å². The maximum absolute atomic E-state index is 5.96. The number of benzene rings is 1. The van der Waals surface area contributed by atoms with Gasteiger partial charge in [-0.15, -0.1) is 0 Å². The molecule has 6 nitrogen and oxygen atoms in total. The van der Waals surface area contributed by atoms with Crippen LogP contribution < -0.4 is 11.1 Å². The van der Waals surface area contributed by atoms with Crippen molar-refractivity contribution in [3.63, 3.8) is 0 Å². The number of para-hydroxylation sites is 2. The molecule has 0 aliphatic heterocycles. The standard InChI is InChI=1S/C15H15N5O/c16-10-5-6-11-9(7-10)8-17-14(18-11)20-15-19-12-3-1-2-4-13(12)21-15/h1-4,8,10H,5-7,16H2,(H,17,18,19,20). The molecule has 2 heterocycles. The van der Waals surface area contributed by atoms with Crippen molar-refractivity contribution < 1.29 is 4.42 Å². The van der Waals surface area contributed by atoms with Crippen molar-refractivity contribution in [3.05, 3.63) is 41.7 Å². The first-order valence-corrected chi connectivity index (χ1v) is 7.01. The van der Waals surface area contributed by atoms with Crippen molar-refractivity contribution in [2.45, 2.75) is 25.3 Å². The molecule has 21 heavy (non-hydrogen) atoms. The van der Waals surface area contributed by atoms with Crippen LogP contribution in [0, 0.1) is 0 Å². The lowest BCUT2D eigenvalue weighted by Gasteiger charge is -2.20. The van der Waals surface area contributed by atoms with Crippen molar-refractivity contribution in [1.82, 2.24) is 15.0 Å². The largest absolute Gasteiger partial charge is 0.423 e. The van der Waals surface area contributed by atoms with E-state index in [1.807, 2.05) is 30.5 Å². The molecule has 0 amide bonds. The maximum Gasteiger partial charge on any atom is 0.302 e. The van der Waals surface area contributed by atoms with Crippen LogP contribution in [0.25, 0.3) is 11.1 Å². The summed E-state index contributed by atoms with van der Waals surface area (Å²) in [7, 11) is 0. The zero-order valence-electron chi connectivity index (χ0n) is 11.4. The smallest absolute Gasteiger partial charge is 0.302 e. The maximum atomic E-state index is 5.96.